The lowest BCUT2D eigenvalue weighted by atomic mass is 10.1. The highest BCUT2D eigenvalue weighted by Gasteiger charge is 2.21. The van der Waals surface area contributed by atoms with Crippen LogP contribution in [-0.2, 0) is 4.79 Å². The SMILES string of the molecule is COc1cc(/C=C/C(=O)N2CCC(O)CC2)cc2c1OCO2. The van der Waals surface area contributed by atoms with Crippen LogP contribution in [0.2, 0.25) is 0 Å². The summed E-state index contributed by atoms with van der Waals surface area (Å²) in [6.45, 7) is 1.36. The fourth-order valence-corrected chi connectivity index (χ4v) is 2.61. The summed E-state index contributed by atoms with van der Waals surface area (Å²) in [6.07, 6.45) is 4.26. The molecule has 2 aliphatic rings. The van der Waals surface area contributed by atoms with Gasteiger partial charge in [-0.25, -0.2) is 0 Å². The smallest absolute Gasteiger partial charge is 0.246 e. The van der Waals surface area contributed by atoms with Gasteiger partial charge in [0.25, 0.3) is 0 Å². The first-order chi connectivity index (χ1) is 10.7. The van der Waals surface area contributed by atoms with E-state index in [1.165, 1.54) is 6.08 Å². The fourth-order valence-electron chi connectivity index (χ4n) is 2.61. The molecule has 0 unspecified atom stereocenters. The summed E-state index contributed by atoms with van der Waals surface area (Å²) in [7, 11) is 1.56. The topological polar surface area (TPSA) is 68.2 Å². The Kier molecular flexibility index (Phi) is 4.20. The zero-order chi connectivity index (χ0) is 15.5. The number of carbonyl (C=O) groups is 1. The van der Waals surface area contributed by atoms with E-state index in [4.69, 9.17) is 14.2 Å². The molecule has 1 N–H and O–H groups in total. The zero-order valence-corrected chi connectivity index (χ0v) is 12.4. The summed E-state index contributed by atoms with van der Waals surface area (Å²) < 4.78 is 16.0. The molecule has 0 spiro atoms. The average molecular weight is 305 g/mol. The molecule has 22 heavy (non-hydrogen) atoms. The second-order valence-electron chi connectivity index (χ2n) is 5.35. The van der Waals surface area contributed by atoms with E-state index in [0.717, 1.165) is 5.56 Å². The van der Waals surface area contributed by atoms with E-state index in [2.05, 4.69) is 0 Å². The second kappa shape index (κ2) is 6.27. The minimum atomic E-state index is -0.286. The summed E-state index contributed by atoms with van der Waals surface area (Å²) in [5.74, 6) is 1.75. The normalized spacial score (nSPS) is 18.0. The minimum absolute atomic E-state index is 0.0523. The van der Waals surface area contributed by atoms with Crippen LogP contribution in [0, 0.1) is 0 Å². The van der Waals surface area contributed by atoms with Crippen LogP contribution >= 0.6 is 0 Å². The minimum Gasteiger partial charge on any atom is -0.493 e. The standard InChI is InChI=1S/C16H19NO5/c1-20-13-8-11(9-14-16(13)22-10-21-14)2-3-15(19)17-6-4-12(18)5-7-17/h2-3,8-9,12,18H,4-7,10H2,1H3/b3-2+. The van der Waals surface area contributed by atoms with E-state index in [-0.39, 0.29) is 18.8 Å². The molecule has 0 aliphatic carbocycles. The largest absolute Gasteiger partial charge is 0.493 e. The highest BCUT2D eigenvalue weighted by molar-refractivity contribution is 5.92. The number of piperidine rings is 1. The number of likely N-dealkylation sites (tertiary alicyclic amines) is 1. The number of nitrogens with zero attached hydrogens (tertiary/aromatic N) is 1. The van der Waals surface area contributed by atoms with Gasteiger partial charge in [-0.3, -0.25) is 4.79 Å². The van der Waals surface area contributed by atoms with Crippen LogP contribution < -0.4 is 14.2 Å². The zero-order valence-electron chi connectivity index (χ0n) is 12.4. The highest BCUT2D eigenvalue weighted by atomic mass is 16.7. The fraction of sp³-hybridized carbons (Fsp3) is 0.438. The van der Waals surface area contributed by atoms with E-state index in [9.17, 15) is 9.90 Å². The third kappa shape index (κ3) is 3.01. The molecule has 0 aromatic heterocycles. The molecule has 1 aromatic rings. The number of aliphatic hydroxyl groups is 1. The monoisotopic (exact) mass is 305 g/mol. The van der Waals surface area contributed by atoms with E-state index < -0.39 is 0 Å². The predicted molar refractivity (Wildman–Crippen MR) is 80.0 cm³/mol. The first-order valence-electron chi connectivity index (χ1n) is 7.30. The number of hydrogen-bond acceptors (Lipinski definition) is 5. The number of hydrogen-bond donors (Lipinski definition) is 1. The quantitative estimate of drug-likeness (QED) is 0.855. The number of aliphatic hydroxyl groups excluding tert-OH is 1. The molecule has 0 radical (unpaired) electrons. The van der Waals surface area contributed by atoms with Gasteiger partial charge in [0.05, 0.1) is 13.2 Å². The number of methoxy groups -OCH3 is 1. The number of benzene rings is 1. The van der Waals surface area contributed by atoms with Crippen molar-refractivity contribution in [3.05, 3.63) is 23.8 Å². The maximum absolute atomic E-state index is 12.1. The lowest BCUT2D eigenvalue weighted by molar-refractivity contribution is -0.127. The van der Waals surface area contributed by atoms with E-state index in [0.29, 0.717) is 43.2 Å². The van der Waals surface area contributed by atoms with Crippen LogP contribution in [0.25, 0.3) is 6.08 Å². The predicted octanol–water partition coefficient (Wildman–Crippen LogP) is 1.42. The Hall–Kier alpha value is -2.21. The summed E-state index contributed by atoms with van der Waals surface area (Å²) in [6, 6.07) is 3.62. The second-order valence-corrected chi connectivity index (χ2v) is 5.35. The molecule has 2 aliphatic heterocycles. The van der Waals surface area contributed by atoms with Gasteiger partial charge in [-0.2, -0.15) is 0 Å². The summed E-state index contributed by atoms with van der Waals surface area (Å²) in [5.41, 5.74) is 0.812. The van der Waals surface area contributed by atoms with Crippen molar-refractivity contribution in [1.82, 2.24) is 4.90 Å². The molecule has 0 atom stereocenters. The maximum atomic E-state index is 12.1. The van der Waals surface area contributed by atoms with Gasteiger partial charge in [-0.05, 0) is 36.6 Å². The van der Waals surface area contributed by atoms with Gasteiger partial charge in [0.2, 0.25) is 18.4 Å². The van der Waals surface area contributed by atoms with Gasteiger partial charge in [-0.1, -0.05) is 0 Å². The third-order valence-electron chi connectivity index (χ3n) is 3.88. The van der Waals surface area contributed by atoms with Gasteiger partial charge in [0.1, 0.15) is 0 Å². The molecule has 6 heteroatoms. The van der Waals surface area contributed by atoms with E-state index >= 15 is 0 Å². The molecule has 6 nitrogen and oxygen atoms in total. The summed E-state index contributed by atoms with van der Waals surface area (Å²) in [5, 5.41) is 9.47. The number of carbonyl (C=O) groups excluding carboxylic acids is 1. The van der Waals surface area contributed by atoms with Gasteiger partial charge >= 0.3 is 0 Å². The molecule has 118 valence electrons. The average Bonchev–Trinajstić information content (AvgIpc) is 3.01. The van der Waals surface area contributed by atoms with Crippen molar-refractivity contribution < 1.29 is 24.1 Å². The Labute approximate surface area is 128 Å². The van der Waals surface area contributed by atoms with Crippen molar-refractivity contribution in [2.45, 2.75) is 18.9 Å². The van der Waals surface area contributed by atoms with Crippen LogP contribution in [0.5, 0.6) is 17.2 Å². The molecular formula is C16H19NO5. The highest BCUT2D eigenvalue weighted by Crippen LogP contribution is 2.42. The lowest BCUT2D eigenvalue weighted by Crippen LogP contribution is -2.39. The Morgan fingerprint density at radius 1 is 1.36 bits per heavy atom. The van der Waals surface area contributed by atoms with Crippen LogP contribution in [-0.4, -0.2) is 49.0 Å². The molecule has 1 fully saturated rings. The van der Waals surface area contributed by atoms with Crippen LogP contribution in [0.3, 0.4) is 0 Å². The Bertz CT molecular complexity index is 590. The van der Waals surface area contributed by atoms with Crippen LogP contribution in [0.4, 0.5) is 0 Å². The third-order valence-corrected chi connectivity index (χ3v) is 3.88. The Morgan fingerprint density at radius 2 is 2.14 bits per heavy atom. The Balaban J connectivity index is 1.71. The number of amides is 1. The summed E-state index contributed by atoms with van der Waals surface area (Å²) in [4.78, 5) is 13.9. The first kappa shape index (κ1) is 14.7. The molecular weight excluding hydrogens is 286 g/mol. The lowest BCUT2D eigenvalue weighted by Gasteiger charge is -2.28. The van der Waals surface area contributed by atoms with Crippen LogP contribution in [0.15, 0.2) is 18.2 Å². The maximum Gasteiger partial charge on any atom is 0.246 e. The van der Waals surface area contributed by atoms with Gasteiger partial charge in [0, 0.05) is 19.2 Å². The van der Waals surface area contributed by atoms with Crippen molar-refractivity contribution in [2.75, 3.05) is 27.0 Å². The van der Waals surface area contributed by atoms with Gasteiger partial charge in [0.15, 0.2) is 11.5 Å². The number of ether oxygens (including phenoxy) is 3. The van der Waals surface area contributed by atoms with Crippen molar-refractivity contribution in [2.24, 2.45) is 0 Å². The molecule has 0 saturated carbocycles. The number of fused-ring (bicyclic) bond motifs is 1. The van der Waals surface area contributed by atoms with Crippen molar-refractivity contribution >= 4 is 12.0 Å². The molecule has 0 bridgehead atoms. The van der Waals surface area contributed by atoms with Crippen molar-refractivity contribution in [3.63, 3.8) is 0 Å². The van der Waals surface area contributed by atoms with Crippen molar-refractivity contribution in [3.8, 4) is 17.2 Å². The molecule has 3 rings (SSSR count). The molecule has 2 heterocycles. The molecule has 1 amide bonds. The molecule has 1 aromatic carbocycles. The molecule has 1 saturated heterocycles. The Morgan fingerprint density at radius 3 is 2.86 bits per heavy atom. The van der Waals surface area contributed by atoms with E-state index in [1.54, 1.807) is 24.2 Å². The van der Waals surface area contributed by atoms with Gasteiger partial charge in [-0.15, -0.1) is 0 Å². The van der Waals surface area contributed by atoms with Gasteiger partial charge < -0.3 is 24.2 Å². The van der Waals surface area contributed by atoms with Crippen LogP contribution in [0.1, 0.15) is 18.4 Å². The number of rotatable bonds is 3. The van der Waals surface area contributed by atoms with Crippen molar-refractivity contribution in [1.29, 1.82) is 0 Å². The summed E-state index contributed by atoms with van der Waals surface area (Å²) >= 11 is 0. The van der Waals surface area contributed by atoms with E-state index in [1.807, 2.05) is 6.07 Å². The first-order valence-corrected chi connectivity index (χ1v) is 7.30.